The van der Waals surface area contributed by atoms with Crippen LogP contribution in [0.15, 0.2) is 60.7 Å². The number of fused-ring (bicyclic) bond motifs is 1. The van der Waals surface area contributed by atoms with Crippen LogP contribution in [0.3, 0.4) is 0 Å². The number of rotatable bonds is 3. The van der Waals surface area contributed by atoms with Crippen molar-refractivity contribution in [3.05, 3.63) is 82.9 Å². The molecule has 0 bridgehead atoms. The van der Waals surface area contributed by atoms with Crippen LogP contribution in [0.1, 0.15) is 12.8 Å². The molecule has 0 saturated carbocycles. The van der Waals surface area contributed by atoms with E-state index in [1.165, 1.54) is 12.1 Å². The summed E-state index contributed by atoms with van der Waals surface area (Å²) in [5.74, 6) is 0.0339. The molecular formula is C26H21ClFN5. The molecule has 1 aliphatic heterocycles. The topological polar surface area (TPSA) is 59.4 Å². The van der Waals surface area contributed by atoms with E-state index in [9.17, 15) is 4.39 Å². The second-order valence-electron chi connectivity index (χ2n) is 8.19. The van der Waals surface area contributed by atoms with Gasteiger partial charge in [-0.2, -0.15) is 0 Å². The molecule has 0 amide bonds. The van der Waals surface area contributed by atoms with Gasteiger partial charge in [0.25, 0.3) is 0 Å². The lowest BCUT2D eigenvalue weighted by molar-refractivity contribution is 0.496. The predicted octanol–water partition coefficient (Wildman–Crippen LogP) is 6.23. The largest absolute Gasteiger partial charge is 0.341 e. The lowest BCUT2D eigenvalue weighted by atomic mass is 10.00. The smallest absolute Gasteiger partial charge is 0.226 e. The van der Waals surface area contributed by atoms with Crippen molar-refractivity contribution in [2.75, 3.05) is 18.0 Å². The molecule has 164 valence electrons. The first-order chi connectivity index (χ1) is 16.0. The highest BCUT2D eigenvalue weighted by Crippen LogP contribution is 2.35. The zero-order chi connectivity index (χ0) is 22.9. The van der Waals surface area contributed by atoms with Crippen molar-refractivity contribution >= 4 is 34.1 Å². The summed E-state index contributed by atoms with van der Waals surface area (Å²) in [5.41, 5.74) is 9.85. The number of hydrogen-bond donors (Lipinski definition) is 1. The lowest BCUT2D eigenvalue weighted by Crippen LogP contribution is -2.40. The summed E-state index contributed by atoms with van der Waals surface area (Å²) in [6.07, 6.45) is 1.74. The molecule has 0 atom stereocenters. The maximum atomic E-state index is 14.5. The van der Waals surface area contributed by atoms with Crippen molar-refractivity contribution in [1.82, 2.24) is 9.97 Å². The molecule has 0 aliphatic carbocycles. The number of nitrogens with zero attached hydrogens (tertiary/aromatic N) is 4. The first-order valence-electron chi connectivity index (χ1n) is 10.8. The van der Waals surface area contributed by atoms with Crippen LogP contribution in [0.2, 0.25) is 5.02 Å². The normalized spacial score (nSPS) is 14.4. The van der Waals surface area contributed by atoms with Crippen molar-refractivity contribution < 1.29 is 4.39 Å². The van der Waals surface area contributed by atoms with E-state index < -0.39 is 5.82 Å². The van der Waals surface area contributed by atoms with Gasteiger partial charge in [-0.25, -0.2) is 19.2 Å². The Balaban J connectivity index is 1.70. The van der Waals surface area contributed by atoms with Gasteiger partial charge in [-0.3, -0.25) is 0 Å². The van der Waals surface area contributed by atoms with E-state index in [-0.39, 0.29) is 11.7 Å². The van der Waals surface area contributed by atoms with Crippen LogP contribution in [-0.2, 0) is 0 Å². The summed E-state index contributed by atoms with van der Waals surface area (Å²) >= 11 is 6.43. The zero-order valence-corrected chi connectivity index (χ0v) is 18.6. The molecule has 1 saturated heterocycles. The molecule has 2 heterocycles. The van der Waals surface area contributed by atoms with Gasteiger partial charge < -0.3 is 10.6 Å². The molecule has 1 aliphatic rings. The number of halogens is 2. The molecule has 7 heteroatoms. The van der Waals surface area contributed by atoms with E-state index in [1.807, 2.05) is 42.5 Å². The van der Waals surface area contributed by atoms with E-state index in [0.717, 1.165) is 48.0 Å². The molecule has 0 spiro atoms. The average molecular weight is 458 g/mol. The Kier molecular flexibility index (Phi) is 5.67. The fraction of sp³-hybridized carbons (Fsp3) is 0.192. The quantitative estimate of drug-likeness (QED) is 0.370. The Morgan fingerprint density at radius 1 is 1.00 bits per heavy atom. The number of anilines is 1. The Morgan fingerprint density at radius 3 is 2.48 bits per heavy atom. The van der Waals surface area contributed by atoms with Crippen molar-refractivity contribution in [3.8, 4) is 22.4 Å². The van der Waals surface area contributed by atoms with Crippen LogP contribution in [0.25, 0.3) is 38.1 Å². The Labute approximate surface area is 196 Å². The number of aromatic nitrogens is 2. The van der Waals surface area contributed by atoms with E-state index in [0.29, 0.717) is 22.2 Å². The first kappa shape index (κ1) is 21.3. The molecule has 0 unspecified atom stereocenters. The zero-order valence-electron chi connectivity index (χ0n) is 17.8. The Bertz CT molecular complexity index is 1390. The maximum Gasteiger partial charge on any atom is 0.226 e. The van der Waals surface area contributed by atoms with Crippen molar-refractivity contribution in [3.63, 3.8) is 0 Å². The summed E-state index contributed by atoms with van der Waals surface area (Å²) in [5, 5.41) is 1.44. The Hall–Kier alpha value is -3.53. The number of nitrogens with two attached hydrogens (primary N) is 1. The van der Waals surface area contributed by atoms with E-state index in [4.69, 9.17) is 33.9 Å². The highest BCUT2D eigenvalue weighted by atomic mass is 35.5. The third-order valence-corrected chi connectivity index (χ3v) is 6.36. The molecule has 1 fully saturated rings. The van der Waals surface area contributed by atoms with Gasteiger partial charge in [0.15, 0.2) is 0 Å². The van der Waals surface area contributed by atoms with E-state index >= 15 is 0 Å². The number of hydrogen-bond acceptors (Lipinski definition) is 4. The summed E-state index contributed by atoms with van der Waals surface area (Å²) in [7, 11) is 0. The average Bonchev–Trinajstić information content (AvgIpc) is 2.84. The monoisotopic (exact) mass is 457 g/mol. The molecular weight excluding hydrogens is 437 g/mol. The molecule has 2 N–H and O–H groups in total. The molecule has 5 nitrogen and oxygen atoms in total. The van der Waals surface area contributed by atoms with Crippen molar-refractivity contribution in [2.45, 2.75) is 18.9 Å². The van der Waals surface area contributed by atoms with Gasteiger partial charge in [0.2, 0.25) is 11.6 Å². The molecule has 1 aromatic heterocycles. The van der Waals surface area contributed by atoms with Crippen LogP contribution in [0.5, 0.6) is 0 Å². The van der Waals surface area contributed by atoms with Gasteiger partial charge in [-0.05, 0) is 42.7 Å². The van der Waals surface area contributed by atoms with Crippen molar-refractivity contribution in [2.24, 2.45) is 5.73 Å². The van der Waals surface area contributed by atoms with E-state index in [1.54, 1.807) is 6.07 Å². The van der Waals surface area contributed by atoms with Crippen LogP contribution < -0.4 is 10.6 Å². The summed E-state index contributed by atoms with van der Waals surface area (Å²) in [6.45, 7) is 8.69. The number of benzene rings is 3. The first-order valence-corrected chi connectivity index (χ1v) is 11.2. The second-order valence-corrected chi connectivity index (χ2v) is 8.59. The minimum Gasteiger partial charge on any atom is -0.341 e. The number of piperidine rings is 1. The minimum atomic E-state index is -0.568. The van der Waals surface area contributed by atoms with Gasteiger partial charge in [0, 0.05) is 40.7 Å². The van der Waals surface area contributed by atoms with Crippen LogP contribution in [0, 0.1) is 12.4 Å². The molecule has 5 rings (SSSR count). The van der Waals surface area contributed by atoms with Crippen molar-refractivity contribution in [1.29, 1.82) is 0 Å². The van der Waals surface area contributed by atoms with Gasteiger partial charge in [0.05, 0.1) is 17.8 Å². The van der Waals surface area contributed by atoms with Crippen LogP contribution in [-0.4, -0.2) is 29.1 Å². The molecule has 0 radical (unpaired) electrons. The van der Waals surface area contributed by atoms with E-state index in [2.05, 4.69) is 9.74 Å². The summed E-state index contributed by atoms with van der Waals surface area (Å²) in [4.78, 5) is 15.1. The second kappa shape index (κ2) is 8.78. The third-order valence-electron chi connectivity index (χ3n) is 6.03. The summed E-state index contributed by atoms with van der Waals surface area (Å²) < 4.78 is 14.5. The van der Waals surface area contributed by atoms with Gasteiger partial charge in [-0.15, -0.1) is 0 Å². The maximum absolute atomic E-state index is 14.5. The highest BCUT2D eigenvalue weighted by Gasteiger charge is 2.21. The fourth-order valence-corrected chi connectivity index (χ4v) is 4.43. The Morgan fingerprint density at radius 2 is 1.76 bits per heavy atom. The third kappa shape index (κ3) is 4.13. The fourth-order valence-electron chi connectivity index (χ4n) is 4.18. The summed E-state index contributed by atoms with van der Waals surface area (Å²) in [6, 6.07) is 18.3. The van der Waals surface area contributed by atoms with Crippen LogP contribution >= 0.6 is 11.6 Å². The van der Waals surface area contributed by atoms with Gasteiger partial charge >= 0.3 is 0 Å². The van der Waals surface area contributed by atoms with Crippen LogP contribution in [0.4, 0.5) is 16.0 Å². The lowest BCUT2D eigenvalue weighted by Gasteiger charge is -2.30. The molecule has 4 aromatic rings. The SMILES string of the molecule is [C-]#[N+]c1ccc(-c2nc(N3CCC(N)CC3)nc3ccc(-c4ccccc4Cl)cc23)cc1F. The molecule has 33 heavy (non-hydrogen) atoms. The highest BCUT2D eigenvalue weighted by molar-refractivity contribution is 6.33. The predicted molar refractivity (Wildman–Crippen MR) is 131 cm³/mol. The minimum absolute atomic E-state index is 0.0147. The van der Waals surface area contributed by atoms with Gasteiger partial charge in [-0.1, -0.05) is 48.0 Å². The molecule has 3 aromatic carbocycles. The van der Waals surface area contributed by atoms with Gasteiger partial charge in [0.1, 0.15) is 5.82 Å². The standard InChI is InChI=1S/C26H21ClFN5/c1-30-24-9-7-17(15-22(24)28)25-20-14-16(19-4-2-3-5-21(19)27)6-8-23(20)31-26(32-25)33-12-10-18(29)11-13-33/h2-9,14-15,18H,10-13,29H2.